The maximum absolute atomic E-state index is 12.5. The molecule has 0 spiro atoms. The van der Waals surface area contributed by atoms with E-state index in [0.29, 0.717) is 0 Å². The number of hydrogen-bond donors (Lipinski definition) is 1. The van der Waals surface area contributed by atoms with Gasteiger partial charge in [0, 0.05) is 13.0 Å². The van der Waals surface area contributed by atoms with E-state index in [1.54, 1.807) is 6.92 Å². The number of carboxylic acids is 1. The number of aliphatic carboxylic acids is 1. The van der Waals surface area contributed by atoms with Crippen molar-refractivity contribution < 1.29 is 27.8 Å². The van der Waals surface area contributed by atoms with Crippen molar-refractivity contribution in [3.63, 3.8) is 0 Å². The molecule has 0 aromatic heterocycles. The average molecular weight is 262 g/mol. The smallest absolute Gasteiger partial charge is 0.416 e. The molecule has 0 bridgehead atoms. The second-order valence-electron chi connectivity index (χ2n) is 3.68. The van der Waals surface area contributed by atoms with Gasteiger partial charge >= 0.3 is 12.1 Å². The van der Waals surface area contributed by atoms with Crippen molar-refractivity contribution in [2.75, 3.05) is 6.61 Å². The summed E-state index contributed by atoms with van der Waals surface area (Å²) in [5.74, 6) is -1.19. The van der Waals surface area contributed by atoms with Crippen molar-refractivity contribution in [2.24, 2.45) is 0 Å². The van der Waals surface area contributed by atoms with E-state index in [1.807, 2.05) is 0 Å². The normalized spacial score (nSPS) is 13.3. The summed E-state index contributed by atoms with van der Waals surface area (Å²) >= 11 is 0. The van der Waals surface area contributed by atoms with E-state index in [-0.39, 0.29) is 18.6 Å². The van der Waals surface area contributed by atoms with Gasteiger partial charge in [-0.3, -0.25) is 0 Å². The Morgan fingerprint density at radius 3 is 2.61 bits per heavy atom. The van der Waals surface area contributed by atoms with Crippen LogP contribution in [-0.2, 0) is 22.1 Å². The zero-order chi connectivity index (χ0) is 13.8. The third-order valence-electron chi connectivity index (χ3n) is 2.32. The number of benzene rings is 1. The van der Waals surface area contributed by atoms with E-state index in [4.69, 9.17) is 9.84 Å². The lowest BCUT2D eigenvalue weighted by Gasteiger charge is -2.13. The molecule has 0 amide bonds. The third-order valence-corrected chi connectivity index (χ3v) is 2.32. The minimum absolute atomic E-state index is 0.0902. The molecule has 3 nitrogen and oxygen atoms in total. The van der Waals surface area contributed by atoms with Gasteiger partial charge in [-0.15, -0.1) is 0 Å². The number of halogens is 3. The summed E-state index contributed by atoms with van der Waals surface area (Å²) < 4.78 is 42.3. The molecular formula is C12H13F3O3. The van der Waals surface area contributed by atoms with Crippen molar-refractivity contribution >= 4 is 5.97 Å². The average Bonchev–Trinajstić information content (AvgIpc) is 2.27. The molecular weight excluding hydrogens is 249 g/mol. The van der Waals surface area contributed by atoms with Gasteiger partial charge in [0.1, 0.15) is 0 Å². The summed E-state index contributed by atoms with van der Waals surface area (Å²) in [6.07, 6.45) is -5.65. The number of rotatable bonds is 5. The molecule has 0 saturated heterocycles. The lowest BCUT2D eigenvalue weighted by atomic mass is 10.0. The summed E-state index contributed by atoms with van der Waals surface area (Å²) in [5, 5.41) is 8.85. The molecule has 0 saturated carbocycles. The number of hydrogen-bond acceptors (Lipinski definition) is 2. The zero-order valence-corrected chi connectivity index (χ0v) is 9.70. The fourth-order valence-electron chi connectivity index (χ4n) is 1.51. The largest absolute Gasteiger partial charge is 0.479 e. The molecule has 0 fully saturated rings. The summed E-state index contributed by atoms with van der Waals surface area (Å²) in [4.78, 5) is 10.8. The van der Waals surface area contributed by atoms with Crippen molar-refractivity contribution in [1.29, 1.82) is 0 Å². The standard InChI is InChI=1S/C12H13F3O3/c1-2-18-10(11(16)17)7-8-4-3-5-9(6-8)12(13,14)15/h3-6,10H,2,7H2,1H3,(H,16,17). The van der Waals surface area contributed by atoms with Gasteiger partial charge in [0.15, 0.2) is 6.10 Å². The molecule has 0 aliphatic rings. The molecule has 6 heteroatoms. The number of alkyl halides is 3. The molecule has 1 unspecified atom stereocenters. The van der Waals surface area contributed by atoms with Gasteiger partial charge in [-0.25, -0.2) is 4.79 Å². The minimum Gasteiger partial charge on any atom is -0.479 e. The predicted octanol–water partition coefficient (Wildman–Crippen LogP) is 2.74. The first-order valence-electron chi connectivity index (χ1n) is 5.35. The molecule has 0 aliphatic heterocycles. The van der Waals surface area contributed by atoms with Crippen LogP contribution in [0.3, 0.4) is 0 Å². The summed E-state index contributed by atoms with van der Waals surface area (Å²) in [7, 11) is 0. The molecule has 1 N–H and O–H groups in total. The van der Waals surface area contributed by atoms with Crippen LogP contribution in [0.5, 0.6) is 0 Å². The molecule has 0 aliphatic carbocycles. The molecule has 1 aromatic rings. The quantitative estimate of drug-likeness (QED) is 0.887. The SMILES string of the molecule is CCOC(Cc1cccc(C(F)(F)F)c1)C(=O)O. The van der Waals surface area contributed by atoms with Gasteiger partial charge in [0.25, 0.3) is 0 Å². The topological polar surface area (TPSA) is 46.5 Å². The lowest BCUT2D eigenvalue weighted by molar-refractivity contribution is -0.149. The fraction of sp³-hybridized carbons (Fsp3) is 0.417. The second-order valence-corrected chi connectivity index (χ2v) is 3.68. The van der Waals surface area contributed by atoms with Gasteiger partial charge in [0.05, 0.1) is 5.56 Å². The molecule has 18 heavy (non-hydrogen) atoms. The summed E-state index contributed by atoms with van der Waals surface area (Å²) in [6.45, 7) is 1.82. The first kappa shape index (κ1) is 14.5. The van der Waals surface area contributed by atoms with Crippen LogP contribution in [-0.4, -0.2) is 23.8 Å². The molecule has 1 rings (SSSR count). The van der Waals surface area contributed by atoms with E-state index in [2.05, 4.69) is 0 Å². The Labute approximate surface area is 102 Å². The highest BCUT2D eigenvalue weighted by Crippen LogP contribution is 2.29. The van der Waals surface area contributed by atoms with Crippen LogP contribution in [0.4, 0.5) is 13.2 Å². The molecule has 0 radical (unpaired) electrons. The van der Waals surface area contributed by atoms with Crippen LogP contribution >= 0.6 is 0 Å². The zero-order valence-electron chi connectivity index (χ0n) is 9.70. The Morgan fingerprint density at radius 2 is 2.11 bits per heavy atom. The Hall–Kier alpha value is -1.56. The van der Waals surface area contributed by atoms with Crippen LogP contribution < -0.4 is 0 Å². The Kier molecular flexibility index (Phi) is 4.72. The minimum atomic E-state index is -4.43. The van der Waals surface area contributed by atoms with Crippen LogP contribution in [0.1, 0.15) is 18.1 Å². The molecule has 0 heterocycles. The van der Waals surface area contributed by atoms with E-state index in [9.17, 15) is 18.0 Å². The molecule has 1 atom stereocenters. The Bertz CT molecular complexity index is 415. The highest BCUT2D eigenvalue weighted by atomic mass is 19.4. The fourth-order valence-corrected chi connectivity index (χ4v) is 1.51. The van der Waals surface area contributed by atoms with Crippen LogP contribution in [0.15, 0.2) is 24.3 Å². The third kappa shape index (κ3) is 4.03. The van der Waals surface area contributed by atoms with Gasteiger partial charge in [-0.2, -0.15) is 13.2 Å². The highest BCUT2D eigenvalue weighted by Gasteiger charge is 2.30. The van der Waals surface area contributed by atoms with Crippen LogP contribution in [0.25, 0.3) is 0 Å². The number of carboxylic acid groups (broad SMARTS) is 1. The Morgan fingerprint density at radius 1 is 1.44 bits per heavy atom. The van der Waals surface area contributed by atoms with E-state index in [0.717, 1.165) is 12.1 Å². The first-order valence-corrected chi connectivity index (χ1v) is 5.35. The van der Waals surface area contributed by atoms with Crippen LogP contribution in [0.2, 0.25) is 0 Å². The summed E-state index contributed by atoms with van der Waals surface area (Å²) in [5.41, 5.74) is -0.508. The Balaban J connectivity index is 2.87. The lowest BCUT2D eigenvalue weighted by Crippen LogP contribution is -2.26. The molecule has 1 aromatic carbocycles. The monoisotopic (exact) mass is 262 g/mol. The number of carbonyl (C=O) groups is 1. The van der Waals surface area contributed by atoms with Crippen molar-refractivity contribution in [3.8, 4) is 0 Å². The van der Waals surface area contributed by atoms with Gasteiger partial charge in [0.2, 0.25) is 0 Å². The second kappa shape index (κ2) is 5.86. The van der Waals surface area contributed by atoms with Crippen LogP contribution in [0, 0.1) is 0 Å². The highest BCUT2D eigenvalue weighted by molar-refractivity contribution is 5.72. The van der Waals surface area contributed by atoms with Gasteiger partial charge < -0.3 is 9.84 Å². The van der Waals surface area contributed by atoms with Crippen molar-refractivity contribution in [1.82, 2.24) is 0 Å². The maximum Gasteiger partial charge on any atom is 0.416 e. The van der Waals surface area contributed by atoms with Crippen molar-refractivity contribution in [3.05, 3.63) is 35.4 Å². The van der Waals surface area contributed by atoms with E-state index in [1.165, 1.54) is 12.1 Å². The van der Waals surface area contributed by atoms with E-state index < -0.39 is 23.8 Å². The predicted molar refractivity (Wildman–Crippen MR) is 58.2 cm³/mol. The number of ether oxygens (including phenoxy) is 1. The molecule has 100 valence electrons. The van der Waals surface area contributed by atoms with E-state index >= 15 is 0 Å². The maximum atomic E-state index is 12.5. The van der Waals surface area contributed by atoms with Gasteiger partial charge in [-0.05, 0) is 18.6 Å². The summed E-state index contributed by atoms with van der Waals surface area (Å²) in [6, 6.07) is 4.59. The first-order chi connectivity index (χ1) is 8.34. The van der Waals surface area contributed by atoms with Gasteiger partial charge in [-0.1, -0.05) is 18.2 Å². The van der Waals surface area contributed by atoms with Crippen molar-refractivity contribution in [2.45, 2.75) is 25.6 Å².